The van der Waals surface area contributed by atoms with E-state index in [1.165, 1.54) is 0 Å². The molecule has 0 radical (unpaired) electrons. The molecule has 1 aliphatic heterocycles. The number of hydrogen-bond donors (Lipinski definition) is 1. The topological polar surface area (TPSA) is 47.6 Å². The molecule has 17 heavy (non-hydrogen) atoms. The zero-order valence-corrected chi connectivity index (χ0v) is 10.2. The zero-order chi connectivity index (χ0) is 12.3. The van der Waals surface area contributed by atoms with Gasteiger partial charge in [0.1, 0.15) is 0 Å². The van der Waals surface area contributed by atoms with Crippen molar-refractivity contribution < 1.29 is 14.3 Å². The van der Waals surface area contributed by atoms with Gasteiger partial charge in [0, 0.05) is 0 Å². The molecular weight excluding hydrogens is 218 g/mol. The lowest BCUT2D eigenvalue weighted by atomic mass is 10.2. The molecule has 0 saturated carbocycles. The van der Waals surface area contributed by atoms with Crippen LogP contribution in [-0.2, 0) is 4.79 Å². The number of amides is 1. The summed E-state index contributed by atoms with van der Waals surface area (Å²) in [5.74, 6) is 1.25. The Balaban J connectivity index is 2.27. The summed E-state index contributed by atoms with van der Waals surface area (Å²) in [4.78, 5) is 11.6. The maximum atomic E-state index is 11.6. The molecule has 1 heterocycles. The molecule has 0 spiro atoms. The molecule has 4 nitrogen and oxygen atoms in total. The Morgan fingerprint density at radius 2 is 2.24 bits per heavy atom. The van der Waals surface area contributed by atoms with E-state index < -0.39 is 6.10 Å². The first-order valence-corrected chi connectivity index (χ1v) is 5.99. The average Bonchev–Trinajstić information content (AvgIpc) is 2.35. The number of ether oxygens (including phenoxy) is 2. The van der Waals surface area contributed by atoms with Crippen molar-refractivity contribution in [2.24, 2.45) is 0 Å². The molecule has 0 aromatic heterocycles. The minimum Gasteiger partial charge on any atom is -0.490 e. The maximum Gasteiger partial charge on any atom is 0.265 e. The third kappa shape index (κ3) is 2.35. The minimum atomic E-state index is -0.422. The number of fused-ring (bicyclic) bond motifs is 1. The lowest BCUT2D eigenvalue weighted by Crippen LogP contribution is -2.36. The summed E-state index contributed by atoms with van der Waals surface area (Å²) < 4.78 is 11.3. The van der Waals surface area contributed by atoms with Gasteiger partial charge in [0.2, 0.25) is 0 Å². The number of benzene rings is 1. The van der Waals surface area contributed by atoms with E-state index in [1.54, 1.807) is 0 Å². The average molecular weight is 235 g/mol. The Morgan fingerprint density at radius 3 is 2.94 bits per heavy atom. The number of anilines is 1. The van der Waals surface area contributed by atoms with Crippen molar-refractivity contribution in [1.82, 2.24) is 0 Å². The Hall–Kier alpha value is -1.71. The second kappa shape index (κ2) is 5.08. The fraction of sp³-hybridized carbons (Fsp3) is 0.462. The molecule has 92 valence electrons. The molecule has 1 unspecified atom stereocenters. The standard InChI is InChI=1S/C13H17NO3/c1-3-8-16-11-7-5-6-9-12(11)17-10(4-2)13(15)14-9/h5-7,10H,3-4,8H2,1-2H3,(H,14,15). The van der Waals surface area contributed by atoms with Gasteiger partial charge in [-0.1, -0.05) is 19.9 Å². The van der Waals surface area contributed by atoms with Crippen molar-refractivity contribution in [2.45, 2.75) is 32.8 Å². The maximum absolute atomic E-state index is 11.6. The summed E-state index contributed by atoms with van der Waals surface area (Å²) in [6.45, 7) is 4.61. The fourth-order valence-corrected chi connectivity index (χ4v) is 1.74. The number of rotatable bonds is 4. The monoisotopic (exact) mass is 235 g/mol. The molecule has 4 heteroatoms. The summed E-state index contributed by atoms with van der Waals surface area (Å²) in [5, 5.41) is 2.83. The predicted molar refractivity (Wildman–Crippen MR) is 65.6 cm³/mol. The predicted octanol–water partition coefficient (Wildman–Crippen LogP) is 2.58. The molecule has 1 atom stereocenters. The lowest BCUT2D eigenvalue weighted by molar-refractivity contribution is -0.123. The van der Waals surface area contributed by atoms with Gasteiger partial charge in [-0.2, -0.15) is 0 Å². The highest BCUT2D eigenvalue weighted by Crippen LogP contribution is 2.39. The van der Waals surface area contributed by atoms with Gasteiger partial charge >= 0.3 is 0 Å². The third-order valence-corrected chi connectivity index (χ3v) is 2.62. The van der Waals surface area contributed by atoms with Crippen LogP contribution < -0.4 is 14.8 Å². The second-order valence-corrected chi connectivity index (χ2v) is 3.99. The van der Waals surface area contributed by atoms with Gasteiger partial charge in [0.15, 0.2) is 17.6 Å². The quantitative estimate of drug-likeness (QED) is 0.872. The van der Waals surface area contributed by atoms with E-state index in [9.17, 15) is 4.79 Å². The van der Waals surface area contributed by atoms with Crippen molar-refractivity contribution >= 4 is 11.6 Å². The molecule has 1 N–H and O–H groups in total. The van der Waals surface area contributed by atoms with Gasteiger partial charge in [-0.15, -0.1) is 0 Å². The van der Waals surface area contributed by atoms with Crippen molar-refractivity contribution in [3.63, 3.8) is 0 Å². The Bertz CT molecular complexity index is 417. The molecule has 2 rings (SSSR count). The summed E-state index contributed by atoms with van der Waals surface area (Å²) in [6.07, 6.45) is 1.16. The second-order valence-electron chi connectivity index (χ2n) is 3.99. The number of nitrogens with one attached hydrogen (secondary N) is 1. The molecular formula is C13H17NO3. The molecule has 1 aromatic rings. The first kappa shape index (κ1) is 11.8. The van der Waals surface area contributed by atoms with E-state index in [-0.39, 0.29) is 5.91 Å². The van der Waals surface area contributed by atoms with Gasteiger partial charge in [-0.3, -0.25) is 4.79 Å². The summed E-state index contributed by atoms with van der Waals surface area (Å²) in [6, 6.07) is 5.52. The van der Waals surface area contributed by atoms with Crippen molar-refractivity contribution in [3.05, 3.63) is 18.2 Å². The van der Waals surface area contributed by atoms with Crippen molar-refractivity contribution in [1.29, 1.82) is 0 Å². The van der Waals surface area contributed by atoms with Crippen LogP contribution in [0.4, 0.5) is 5.69 Å². The fourth-order valence-electron chi connectivity index (χ4n) is 1.74. The van der Waals surface area contributed by atoms with Crippen LogP contribution >= 0.6 is 0 Å². The highest BCUT2D eigenvalue weighted by molar-refractivity contribution is 5.98. The van der Waals surface area contributed by atoms with E-state index in [0.717, 1.165) is 6.42 Å². The highest BCUT2D eigenvalue weighted by atomic mass is 16.5. The van der Waals surface area contributed by atoms with E-state index in [2.05, 4.69) is 5.32 Å². The van der Waals surface area contributed by atoms with Gasteiger partial charge in [-0.25, -0.2) is 0 Å². The normalized spacial score (nSPS) is 18.0. The zero-order valence-electron chi connectivity index (χ0n) is 10.2. The molecule has 1 aromatic carbocycles. The Morgan fingerprint density at radius 1 is 1.41 bits per heavy atom. The molecule has 0 fully saturated rings. The van der Waals surface area contributed by atoms with Crippen LogP contribution in [0.15, 0.2) is 18.2 Å². The number of carbonyl (C=O) groups excluding carboxylic acids is 1. The number of hydrogen-bond acceptors (Lipinski definition) is 3. The van der Waals surface area contributed by atoms with E-state index >= 15 is 0 Å². The molecule has 1 amide bonds. The van der Waals surface area contributed by atoms with Crippen LogP contribution in [0.1, 0.15) is 26.7 Å². The first-order valence-electron chi connectivity index (χ1n) is 5.99. The first-order chi connectivity index (χ1) is 8.26. The summed E-state index contributed by atoms with van der Waals surface area (Å²) in [5.41, 5.74) is 0.688. The largest absolute Gasteiger partial charge is 0.490 e. The van der Waals surface area contributed by atoms with Crippen molar-refractivity contribution in [2.75, 3.05) is 11.9 Å². The van der Waals surface area contributed by atoms with Crippen LogP contribution in [0.5, 0.6) is 11.5 Å². The van der Waals surface area contributed by atoms with Crippen LogP contribution in [0.2, 0.25) is 0 Å². The van der Waals surface area contributed by atoms with Gasteiger partial charge in [0.25, 0.3) is 5.91 Å². The van der Waals surface area contributed by atoms with Gasteiger partial charge in [0.05, 0.1) is 12.3 Å². The highest BCUT2D eigenvalue weighted by Gasteiger charge is 2.28. The molecule has 1 aliphatic rings. The SMILES string of the molecule is CCCOc1cccc2c1OC(CC)C(=O)N2. The van der Waals surface area contributed by atoms with Crippen LogP contribution in [0.25, 0.3) is 0 Å². The van der Waals surface area contributed by atoms with Crippen LogP contribution in [0, 0.1) is 0 Å². The van der Waals surface area contributed by atoms with Gasteiger partial charge in [-0.05, 0) is 25.0 Å². The van der Waals surface area contributed by atoms with Crippen LogP contribution in [-0.4, -0.2) is 18.6 Å². The smallest absolute Gasteiger partial charge is 0.265 e. The van der Waals surface area contributed by atoms with Crippen molar-refractivity contribution in [3.8, 4) is 11.5 Å². The third-order valence-electron chi connectivity index (χ3n) is 2.62. The molecule has 0 saturated heterocycles. The van der Waals surface area contributed by atoms with E-state index in [4.69, 9.17) is 9.47 Å². The number of para-hydroxylation sites is 1. The number of carbonyl (C=O) groups is 1. The molecule has 0 aliphatic carbocycles. The van der Waals surface area contributed by atoms with Gasteiger partial charge < -0.3 is 14.8 Å². The summed E-state index contributed by atoms with van der Waals surface area (Å²) >= 11 is 0. The van der Waals surface area contributed by atoms with Crippen LogP contribution in [0.3, 0.4) is 0 Å². The summed E-state index contributed by atoms with van der Waals surface area (Å²) in [7, 11) is 0. The van der Waals surface area contributed by atoms with E-state index in [1.807, 2.05) is 32.0 Å². The molecule has 0 bridgehead atoms. The van der Waals surface area contributed by atoms with E-state index in [0.29, 0.717) is 30.2 Å². The Kier molecular flexibility index (Phi) is 3.52. The lowest BCUT2D eigenvalue weighted by Gasteiger charge is -2.26. The Labute approximate surface area is 101 Å². The minimum absolute atomic E-state index is 0.0901.